The summed E-state index contributed by atoms with van der Waals surface area (Å²) in [6.45, 7) is 5.38. The predicted molar refractivity (Wildman–Crippen MR) is 91.0 cm³/mol. The quantitative estimate of drug-likeness (QED) is 0.549. The summed E-state index contributed by atoms with van der Waals surface area (Å²) in [7, 11) is -0.463. The molecule has 0 N–H and O–H groups in total. The van der Waals surface area contributed by atoms with Crippen LogP contribution >= 0.6 is 7.92 Å². The van der Waals surface area contributed by atoms with Crippen molar-refractivity contribution in [2.75, 3.05) is 19.4 Å². The molecule has 0 spiro atoms. The molecule has 21 heavy (non-hydrogen) atoms. The number of rotatable bonds is 8. The summed E-state index contributed by atoms with van der Waals surface area (Å²) in [5, 5.41) is 2.73. The van der Waals surface area contributed by atoms with Crippen LogP contribution in [0.5, 0.6) is 0 Å². The van der Waals surface area contributed by atoms with Crippen molar-refractivity contribution >= 4 is 18.5 Å². The van der Waals surface area contributed by atoms with E-state index in [-0.39, 0.29) is 6.29 Å². The van der Waals surface area contributed by atoms with E-state index in [0.717, 1.165) is 6.16 Å². The molecule has 0 amide bonds. The van der Waals surface area contributed by atoms with E-state index in [1.54, 1.807) is 0 Å². The van der Waals surface area contributed by atoms with Crippen molar-refractivity contribution in [2.24, 2.45) is 0 Å². The first-order chi connectivity index (χ1) is 10.3. The molecule has 0 radical (unpaired) electrons. The van der Waals surface area contributed by atoms with Gasteiger partial charge in [0, 0.05) is 19.4 Å². The lowest BCUT2D eigenvalue weighted by Crippen LogP contribution is -2.26. The Morgan fingerprint density at radius 2 is 1.19 bits per heavy atom. The van der Waals surface area contributed by atoms with Crippen LogP contribution in [0.4, 0.5) is 0 Å². The summed E-state index contributed by atoms with van der Waals surface area (Å²) < 4.78 is 11.5. The Morgan fingerprint density at radius 1 is 0.762 bits per heavy atom. The van der Waals surface area contributed by atoms with Gasteiger partial charge in [0.05, 0.1) is 0 Å². The molecule has 0 heterocycles. The van der Waals surface area contributed by atoms with Crippen LogP contribution in [-0.2, 0) is 9.47 Å². The van der Waals surface area contributed by atoms with Crippen molar-refractivity contribution in [3.8, 4) is 0 Å². The zero-order chi connectivity index (χ0) is 14.9. The van der Waals surface area contributed by atoms with Gasteiger partial charge < -0.3 is 9.47 Å². The topological polar surface area (TPSA) is 18.5 Å². The van der Waals surface area contributed by atoms with Crippen LogP contribution < -0.4 is 10.6 Å². The Labute approximate surface area is 128 Å². The van der Waals surface area contributed by atoms with Crippen LogP contribution in [0.3, 0.4) is 0 Å². The third-order valence-electron chi connectivity index (χ3n) is 3.17. The molecule has 0 aromatic heterocycles. The van der Waals surface area contributed by atoms with Gasteiger partial charge in [0.1, 0.15) is 0 Å². The maximum absolute atomic E-state index is 5.75. The molecule has 2 nitrogen and oxygen atoms in total. The molecule has 0 saturated heterocycles. The first-order valence-electron chi connectivity index (χ1n) is 7.46. The van der Waals surface area contributed by atoms with Crippen LogP contribution in [0.1, 0.15) is 13.8 Å². The lowest BCUT2D eigenvalue weighted by Gasteiger charge is -2.24. The standard InChI is InChI=1S/C18H23O2P/c1-3-19-18(20-4-2)15-21(16-11-7-5-8-12-16)17-13-9-6-10-14-17/h5-14,18H,3-4,15H2,1-2H3. The molecular weight excluding hydrogens is 279 g/mol. The largest absolute Gasteiger partial charge is 0.353 e. The van der Waals surface area contributed by atoms with Crippen molar-refractivity contribution in [3.05, 3.63) is 60.7 Å². The summed E-state index contributed by atoms with van der Waals surface area (Å²) in [5.74, 6) is 0. The summed E-state index contributed by atoms with van der Waals surface area (Å²) >= 11 is 0. The van der Waals surface area contributed by atoms with Gasteiger partial charge in [-0.25, -0.2) is 0 Å². The molecule has 2 aromatic carbocycles. The highest BCUT2D eigenvalue weighted by atomic mass is 31.1. The van der Waals surface area contributed by atoms with Crippen molar-refractivity contribution in [1.29, 1.82) is 0 Å². The molecule has 2 aromatic rings. The highest BCUT2D eigenvalue weighted by Crippen LogP contribution is 2.35. The minimum atomic E-state index is -0.463. The third-order valence-corrected chi connectivity index (χ3v) is 5.68. The Kier molecular flexibility index (Phi) is 6.88. The first-order valence-corrected chi connectivity index (χ1v) is 8.98. The van der Waals surface area contributed by atoms with Gasteiger partial charge in [-0.05, 0) is 32.4 Å². The maximum Gasteiger partial charge on any atom is 0.162 e. The zero-order valence-electron chi connectivity index (χ0n) is 12.7. The van der Waals surface area contributed by atoms with Crippen molar-refractivity contribution in [1.82, 2.24) is 0 Å². The molecule has 3 heteroatoms. The zero-order valence-corrected chi connectivity index (χ0v) is 13.6. The van der Waals surface area contributed by atoms with E-state index in [0.29, 0.717) is 13.2 Å². The van der Waals surface area contributed by atoms with E-state index in [4.69, 9.17) is 9.47 Å². The van der Waals surface area contributed by atoms with Crippen LogP contribution in [0.15, 0.2) is 60.7 Å². The van der Waals surface area contributed by atoms with Crippen LogP contribution in [0.25, 0.3) is 0 Å². The van der Waals surface area contributed by atoms with Crippen molar-refractivity contribution < 1.29 is 9.47 Å². The molecule has 0 saturated carbocycles. The van der Waals surface area contributed by atoms with E-state index in [2.05, 4.69) is 60.7 Å². The van der Waals surface area contributed by atoms with Crippen LogP contribution in [0, 0.1) is 0 Å². The minimum Gasteiger partial charge on any atom is -0.353 e. The molecule has 0 aliphatic carbocycles. The molecular formula is C18H23O2P. The Balaban J connectivity index is 2.24. The van der Waals surface area contributed by atoms with Gasteiger partial charge in [-0.15, -0.1) is 0 Å². The molecule has 0 unspecified atom stereocenters. The fourth-order valence-corrected chi connectivity index (χ4v) is 4.54. The van der Waals surface area contributed by atoms with Crippen LogP contribution in [-0.4, -0.2) is 25.7 Å². The fourth-order valence-electron chi connectivity index (χ4n) is 2.25. The molecule has 112 valence electrons. The lowest BCUT2D eigenvalue weighted by atomic mass is 10.4. The Hall–Kier alpha value is -1.21. The number of benzene rings is 2. The highest BCUT2D eigenvalue weighted by molar-refractivity contribution is 7.73. The molecule has 0 aliphatic heterocycles. The Morgan fingerprint density at radius 3 is 1.57 bits per heavy atom. The van der Waals surface area contributed by atoms with Gasteiger partial charge in [-0.1, -0.05) is 60.7 Å². The number of hydrogen-bond acceptors (Lipinski definition) is 2. The van der Waals surface area contributed by atoms with E-state index in [1.165, 1.54) is 10.6 Å². The third kappa shape index (κ3) is 4.93. The van der Waals surface area contributed by atoms with E-state index >= 15 is 0 Å². The SMILES string of the molecule is CCOC(CP(c1ccccc1)c1ccccc1)OCC. The monoisotopic (exact) mass is 302 g/mol. The van der Waals surface area contributed by atoms with Gasteiger partial charge in [0.2, 0.25) is 0 Å². The molecule has 2 rings (SSSR count). The van der Waals surface area contributed by atoms with E-state index < -0.39 is 7.92 Å². The summed E-state index contributed by atoms with van der Waals surface area (Å²) in [6.07, 6.45) is 0.761. The molecule has 0 bridgehead atoms. The van der Waals surface area contributed by atoms with Crippen molar-refractivity contribution in [2.45, 2.75) is 20.1 Å². The van der Waals surface area contributed by atoms with Gasteiger partial charge in [-0.3, -0.25) is 0 Å². The second-order valence-corrected chi connectivity index (χ2v) is 6.88. The minimum absolute atomic E-state index is 0.133. The normalized spacial score (nSPS) is 11.2. The number of hydrogen-bond donors (Lipinski definition) is 0. The second kappa shape index (κ2) is 8.94. The summed E-state index contributed by atoms with van der Waals surface area (Å²) in [6, 6.07) is 21.3. The Bertz CT molecular complexity index is 456. The first kappa shape index (κ1) is 16.2. The molecule has 0 fully saturated rings. The average molecular weight is 302 g/mol. The summed E-state index contributed by atoms with van der Waals surface area (Å²) in [4.78, 5) is 0. The van der Waals surface area contributed by atoms with Gasteiger partial charge in [0.25, 0.3) is 0 Å². The molecule has 0 aliphatic rings. The molecule has 0 atom stereocenters. The van der Waals surface area contributed by atoms with Gasteiger partial charge in [-0.2, -0.15) is 0 Å². The average Bonchev–Trinajstić information content (AvgIpc) is 2.54. The number of ether oxygens (including phenoxy) is 2. The van der Waals surface area contributed by atoms with Gasteiger partial charge >= 0.3 is 0 Å². The maximum atomic E-state index is 5.75. The van der Waals surface area contributed by atoms with Gasteiger partial charge in [0.15, 0.2) is 6.29 Å². The predicted octanol–water partition coefficient (Wildman–Crippen LogP) is 3.52. The fraction of sp³-hybridized carbons (Fsp3) is 0.333. The van der Waals surface area contributed by atoms with Crippen molar-refractivity contribution in [3.63, 3.8) is 0 Å². The lowest BCUT2D eigenvalue weighted by molar-refractivity contribution is -0.120. The summed E-state index contributed by atoms with van der Waals surface area (Å²) in [5.41, 5.74) is 0. The van der Waals surface area contributed by atoms with E-state index in [1.807, 2.05) is 13.8 Å². The van der Waals surface area contributed by atoms with Crippen LogP contribution in [0.2, 0.25) is 0 Å². The highest BCUT2D eigenvalue weighted by Gasteiger charge is 2.19. The smallest absolute Gasteiger partial charge is 0.162 e. The van der Waals surface area contributed by atoms with E-state index in [9.17, 15) is 0 Å². The second-order valence-electron chi connectivity index (χ2n) is 4.62.